The first-order valence-electron chi connectivity index (χ1n) is 12.0. The van der Waals surface area contributed by atoms with Crippen molar-refractivity contribution in [1.82, 2.24) is 25.2 Å². The number of benzene rings is 1. The molecule has 186 valence electrons. The summed E-state index contributed by atoms with van der Waals surface area (Å²) in [6.45, 7) is 3.51. The molecular weight excluding hydrogens is 454 g/mol. The number of carbonyl (C=O) groups is 3. The zero-order valence-corrected chi connectivity index (χ0v) is 20.9. The highest BCUT2D eigenvalue weighted by molar-refractivity contribution is 7.96. The van der Waals surface area contributed by atoms with E-state index in [-0.39, 0.29) is 29.8 Å². The minimum Gasteiger partial charge on any atom is -0.493 e. The largest absolute Gasteiger partial charge is 0.493 e. The molecule has 1 aromatic rings. The van der Waals surface area contributed by atoms with Crippen LogP contribution in [0.1, 0.15) is 44.2 Å². The van der Waals surface area contributed by atoms with Gasteiger partial charge in [-0.3, -0.25) is 14.4 Å². The summed E-state index contributed by atoms with van der Waals surface area (Å²) in [7, 11) is 1.71. The third-order valence-corrected chi connectivity index (χ3v) is 7.98. The molecule has 10 heteroatoms. The molecule has 3 aliphatic heterocycles. The van der Waals surface area contributed by atoms with Gasteiger partial charge in [-0.25, -0.2) is 4.31 Å². The van der Waals surface area contributed by atoms with Gasteiger partial charge >= 0.3 is 0 Å². The average molecular weight is 490 g/mol. The molecule has 0 aromatic heterocycles. The molecule has 0 bridgehead atoms. The molecule has 3 amide bonds. The van der Waals surface area contributed by atoms with Gasteiger partial charge in [-0.05, 0) is 45.6 Å². The molecule has 4 rings (SSSR count). The van der Waals surface area contributed by atoms with E-state index in [4.69, 9.17) is 4.74 Å². The first kappa shape index (κ1) is 24.8. The topological polar surface area (TPSA) is 103 Å². The van der Waals surface area contributed by atoms with Crippen LogP contribution < -0.4 is 20.7 Å². The maximum atomic E-state index is 13.7. The quantitative estimate of drug-likeness (QED) is 0.514. The van der Waals surface area contributed by atoms with Crippen LogP contribution in [0.2, 0.25) is 0 Å². The zero-order valence-electron chi connectivity index (χ0n) is 20.1. The van der Waals surface area contributed by atoms with Crippen molar-refractivity contribution in [2.75, 3.05) is 33.0 Å². The number of ether oxygens (including phenoxy) is 1. The van der Waals surface area contributed by atoms with Crippen molar-refractivity contribution < 1.29 is 19.1 Å². The number of carbonyl (C=O) groups excluding carboxylic acids is 3. The molecule has 2 fully saturated rings. The highest BCUT2D eigenvalue weighted by Gasteiger charge is 2.45. The van der Waals surface area contributed by atoms with Crippen molar-refractivity contribution >= 4 is 29.7 Å². The third-order valence-electron chi connectivity index (χ3n) is 7.13. The maximum Gasteiger partial charge on any atom is 0.247 e. The Hall–Kier alpha value is -2.30. The smallest absolute Gasteiger partial charge is 0.247 e. The summed E-state index contributed by atoms with van der Waals surface area (Å²) in [6, 6.07) is 5.96. The Labute approximate surface area is 205 Å². The second-order valence-electron chi connectivity index (χ2n) is 9.16. The van der Waals surface area contributed by atoms with E-state index in [2.05, 4.69) is 20.3 Å². The maximum absolute atomic E-state index is 13.7. The summed E-state index contributed by atoms with van der Waals surface area (Å²) in [6.07, 6.45) is 4.89. The number of rotatable bonds is 6. The van der Waals surface area contributed by atoms with E-state index in [9.17, 15) is 14.4 Å². The van der Waals surface area contributed by atoms with Gasteiger partial charge in [0, 0.05) is 31.1 Å². The highest BCUT2D eigenvalue weighted by Crippen LogP contribution is 2.34. The monoisotopic (exact) mass is 489 g/mol. The van der Waals surface area contributed by atoms with Crippen LogP contribution in [0.15, 0.2) is 24.3 Å². The van der Waals surface area contributed by atoms with Gasteiger partial charge in [0.1, 0.15) is 17.8 Å². The molecule has 34 heavy (non-hydrogen) atoms. The van der Waals surface area contributed by atoms with Crippen LogP contribution in [0.3, 0.4) is 0 Å². The van der Waals surface area contributed by atoms with Gasteiger partial charge in [0.2, 0.25) is 17.7 Å². The van der Waals surface area contributed by atoms with Crippen LogP contribution in [0.5, 0.6) is 5.75 Å². The van der Waals surface area contributed by atoms with Gasteiger partial charge in [0.05, 0.1) is 18.7 Å². The average Bonchev–Trinajstić information content (AvgIpc) is 3.27. The minimum atomic E-state index is -0.698. The molecule has 0 spiro atoms. The van der Waals surface area contributed by atoms with Crippen molar-refractivity contribution in [1.29, 1.82) is 0 Å². The summed E-state index contributed by atoms with van der Waals surface area (Å²) in [4.78, 5) is 41.6. The van der Waals surface area contributed by atoms with Gasteiger partial charge in [-0.2, -0.15) is 0 Å². The van der Waals surface area contributed by atoms with E-state index >= 15 is 0 Å². The molecular formula is C24H35N5O4S. The van der Waals surface area contributed by atoms with Crippen molar-refractivity contribution in [3.05, 3.63) is 29.8 Å². The highest BCUT2D eigenvalue weighted by atomic mass is 32.2. The van der Waals surface area contributed by atoms with Crippen molar-refractivity contribution in [2.45, 2.75) is 62.8 Å². The summed E-state index contributed by atoms with van der Waals surface area (Å²) >= 11 is 1.58. The van der Waals surface area contributed by atoms with Gasteiger partial charge < -0.3 is 25.6 Å². The van der Waals surface area contributed by atoms with E-state index in [1.54, 1.807) is 30.8 Å². The predicted molar refractivity (Wildman–Crippen MR) is 131 cm³/mol. The van der Waals surface area contributed by atoms with Crippen LogP contribution >= 0.6 is 11.9 Å². The van der Waals surface area contributed by atoms with E-state index in [1.807, 2.05) is 30.5 Å². The number of nitrogens with one attached hydrogen (secondary N) is 3. The molecule has 0 unspecified atom stereocenters. The van der Waals surface area contributed by atoms with Crippen LogP contribution in [-0.4, -0.2) is 84.1 Å². The Morgan fingerprint density at radius 1 is 1.12 bits per heavy atom. The Kier molecular flexibility index (Phi) is 8.00. The van der Waals surface area contributed by atoms with Crippen LogP contribution in [-0.2, 0) is 14.4 Å². The molecule has 3 N–H and O–H groups in total. The molecule has 2 saturated heterocycles. The number of hydrogen-bond acceptors (Lipinski definition) is 7. The lowest BCUT2D eigenvalue weighted by Gasteiger charge is -2.38. The molecule has 0 saturated carbocycles. The Balaban J connectivity index is 1.52. The minimum absolute atomic E-state index is 0.0127. The molecule has 3 aliphatic rings. The fourth-order valence-corrected chi connectivity index (χ4v) is 5.65. The Morgan fingerprint density at radius 2 is 1.91 bits per heavy atom. The lowest BCUT2D eigenvalue weighted by atomic mass is 10.00. The summed E-state index contributed by atoms with van der Waals surface area (Å²) < 4.78 is 7.85. The first-order valence-corrected chi connectivity index (χ1v) is 13.2. The van der Waals surface area contributed by atoms with Gasteiger partial charge in [0.15, 0.2) is 0 Å². The van der Waals surface area contributed by atoms with E-state index < -0.39 is 18.1 Å². The Bertz CT molecular complexity index is 915. The van der Waals surface area contributed by atoms with Crippen molar-refractivity contribution in [2.24, 2.45) is 0 Å². The standard InChI is InChI=1S/C24H35N5O4S/c1-15(25-2)22(30)27-19-14-28(34-3)12-10-16-8-9-20(29(16)24(19)32)23(31)26-18-11-13-33-21-7-5-4-6-17(18)21/h4-7,15-16,18-20,25H,8-14H2,1-3H3,(H,26,31)(H,27,30)/t15-,16+,18+,19-,20-/m0/s1. The lowest BCUT2D eigenvalue weighted by Crippen LogP contribution is -2.61. The molecule has 0 aliphatic carbocycles. The van der Waals surface area contributed by atoms with E-state index in [0.29, 0.717) is 26.0 Å². The molecule has 0 radical (unpaired) electrons. The fourth-order valence-electron chi connectivity index (χ4n) is 5.06. The van der Waals surface area contributed by atoms with Crippen LogP contribution in [0.25, 0.3) is 0 Å². The molecule has 5 atom stereocenters. The fraction of sp³-hybridized carbons (Fsp3) is 0.625. The second kappa shape index (κ2) is 11.0. The van der Waals surface area contributed by atoms with E-state index in [0.717, 1.165) is 30.7 Å². The number of nitrogens with zero attached hydrogens (tertiary/aromatic N) is 2. The number of amides is 3. The second-order valence-corrected chi connectivity index (χ2v) is 10.0. The van der Waals surface area contributed by atoms with Gasteiger partial charge in [-0.15, -0.1) is 0 Å². The molecule has 9 nitrogen and oxygen atoms in total. The normalized spacial score (nSPS) is 28.1. The predicted octanol–water partition coefficient (Wildman–Crippen LogP) is 1.06. The summed E-state index contributed by atoms with van der Waals surface area (Å²) in [5, 5.41) is 9.03. The molecule has 3 heterocycles. The van der Waals surface area contributed by atoms with Crippen LogP contribution in [0, 0.1) is 0 Å². The van der Waals surface area contributed by atoms with Gasteiger partial charge in [-0.1, -0.05) is 30.1 Å². The van der Waals surface area contributed by atoms with Crippen molar-refractivity contribution in [3.8, 4) is 5.75 Å². The first-order chi connectivity index (χ1) is 16.4. The SMILES string of the molecule is CN[C@@H](C)C(=O)N[C@H]1CN(SC)CC[C@H]2CC[C@@H](C(=O)N[C@@H]3CCOc4ccccc43)N2C1=O. The molecule has 1 aromatic carbocycles. The summed E-state index contributed by atoms with van der Waals surface area (Å²) in [5.41, 5.74) is 0.970. The summed E-state index contributed by atoms with van der Waals surface area (Å²) in [5.74, 6) is 0.265. The third kappa shape index (κ3) is 5.18. The number of fused-ring (bicyclic) bond motifs is 2. The number of para-hydroxylation sites is 1. The zero-order chi connectivity index (χ0) is 24.2. The number of likely N-dealkylation sites (N-methyl/N-ethyl adjacent to an activating group) is 1. The van der Waals surface area contributed by atoms with E-state index in [1.165, 1.54) is 0 Å². The van der Waals surface area contributed by atoms with Gasteiger partial charge in [0.25, 0.3) is 0 Å². The number of hydrogen-bond donors (Lipinski definition) is 3. The Morgan fingerprint density at radius 3 is 2.68 bits per heavy atom. The van der Waals surface area contributed by atoms with Crippen LogP contribution in [0.4, 0.5) is 0 Å². The lowest BCUT2D eigenvalue weighted by molar-refractivity contribution is -0.144. The van der Waals surface area contributed by atoms with Crippen molar-refractivity contribution in [3.63, 3.8) is 0 Å².